The molecule has 26 heavy (non-hydrogen) atoms. The fraction of sp³-hybridized carbons (Fsp3) is 0.333. The molecule has 3 rings (SSSR count). The molecule has 0 atom stereocenters. The minimum atomic E-state index is -3.07. The van der Waals surface area contributed by atoms with Crippen LogP contribution in [-0.2, 0) is 0 Å². The van der Waals surface area contributed by atoms with E-state index in [0.717, 1.165) is 31.7 Å². The van der Waals surface area contributed by atoms with Gasteiger partial charge in [-0.3, -0.25) is 4.79 Å². The van der Waals surface area contributed by atoms with Crippen molar-refractivity contribution in [3.63, 3.8) is 0 Å². The molecule has 1 amide bonds. The molecule has 1 aromatic carbocycles. The van der Waals surface area contributed by atoms with E-state index in [1.807, 2.05) is 6.07 Å². The lowest BCUT2D eigenvalue weighted by Gasteiger charge is -2.17. The highest BCUT2D eigenvalue weighted by molar-refractivity contribution is 6.06. The molecular formula is C18H19F2N3O3. The Bertz CT molecular complexity index is 763. The lowest BCUT2D eigenvalue weighted by Crippen LogP contribution is -2.19. The monoisotopic (exact) mass is 363 g/mol. The highest BCUT2D eigenvalue weighted by atomic mass is 19.3. The number of hydrogen-bond donors (Lipinski definition) is 1. The number of alkyl halides is 2. The largest absolute Gasteiger partial charge is 0.493 e. The molecule has 1 aromatic heterocycles. The number of amides is 1. The van der Waals surface area contributed by atoms with Crippen molar-refractivity contribution < 1.29 is 23.0 Å². The van der Waals surface area contributed by atoms with Gasteiger partial charge in [0.2, 0.25) is 0 Å². The second-order valence-electron chi connectivity index (χ2n) is 5.77. The van der Waals surface area contributed by atoms with Crippen LogP contribution in [0.15, 0.2) is 36.5 Å². The Morgan fingerprint density at radius 3 is 2.62 bits per heavy atom. The first kappa shape index (κ1) is 17.9. The third kappa shape index (κ3) is 4.01. The molecule has 0 unspecified atom stereocenters. The Hall–Kier alpha value is -2.90. The number of methoxy groups -OCH3 is 1. The van der Waals surface area contributed by atoms with Crippen molar-refractivity contribution in [3.05, 3.63) is 42.1 Å². The Morgan fingerprint density at radius 2 is 2.00 bits per heavy atom. The van der Waals surface area contributed by atoms with E-state index >= 15 is 0 Å². The van der Waals surface area contributed by atoms with E-state index in [1.54, 1.807) is 12.3 Å². The lowest BCUT2D eigenvalue weighted by molar-refractivity contribution is -0.0515. The number of nitrogens with one attached hydrogen (secondary N) is 1. The standard InChI is InChI=1S/C18H19F2N3O3/c1-25-14-6-4-5-13(16(14)26-18(19)20)17(24)22-12-7-8-15(21-11-12)23-9-2-3-10-23/h4-8,11,18H,2-3,9-10H2,1H3,(H,22,24). The molecule has 0 saturated carbocycles. The Kier molecular flexibility index (Phi) is 5.50. The van der Waals surface area contributed by atoms with Gasteiger partial charge in [-0.05, 0) is 37.1 Å². The van der Waals surface area contributed by atoms with Crippen molar-refractivity contribution in [2.45, 2.75) is 19.5 Å². The van der Waals surface area contributed by atoms with Crippen LogP contribution in [0.5, 0.6) is 11.5 Å². The summed E-state index contributed by atoms with van der Waals surface area (Å²) in [6.45, 7) is -1.13. The van der Waals surface area contributed by atoms with Gasteiger partial charge in [0, 0.05) is 13.1 Å². The highest BCUT2D eigenvalue weighted by Gasteiger charge is 2.20. The van der Waals surface area contributed by atoms with Crippen LogP contribution in [0.4, 0.5) is 20.3 Å². The molecule has 6 nitrogen and oxygen atoms in total. The average Bonchev–Trinajstić information content (AvgIpc) is 3.16. The zero-order valence-corrected chi connectivity index (χ0v) is 14.2. The van der Waals surface area contributed by atoms with Gasteiger partial charge >= 0.3 is 6.61 Å². The van der Waals surface area contributed by atoms with Crippen LogP contribution >= 0.6 is 0 Å². The molecule has 1 N–H and O–H groups in total. The maximum atomic E-state index is 12.7. The lowest BCUT2D eigenvalue weighted by atomic mass is 10.1. The number of anilines is 2. The molecule has 0 spiro atoms. The van der Waals surface area contributed by atoms with Crippen molar-refractivity contribution in [2.75, 3.05) is 30.4 Å². The summed E-state index contributed by atoms with van der Waals surface area (Å²) in [6, 6.07) is 7.92. The van der Waals surface area contributed by atoms with Crippen molar-refractivity contribution >= 4 is 17.4 Å². The first-order valence-corrected chi connectivity index (χ1v) is 8.22. The minimum Gasteiger partial charge on any atom is -0.493 e. The van der Waals surface area contributed by atoms with Gasteiger partial charge in [0.15, 0.2) is 11.5 Å². The number of pyridine rings is 1. The van der Waals surface area contributed by atoms with Gasteiger partial charge in [-0.2, -0.15) is 8.78 Å². The van der Waals surface area contributed by atoms with Crippen LogP contribution in [0.3, 0.4) is 0 Å². The number of carbonyl (C=O) groups excluding carboxylic acids is 1. The summed E-state index contributed by atoms with van der Waals surface area (Å²) < 4.78 is 34.8. The van der Waals surface area contributed by atoms with E-state index < -0.39 is 12.5 Å². The number of aromatic nitrogens is 1. The van der Waals surface area contributed by atoms with E-state index in [1.165, 1.54) is 25.3 Å². The van der Waals surface area contributed by atoms with Crippen LogP contribution < -0.4 is 19.7 Å². The molecule has 1 aliphatic rings. The van der Waals surface area contributed by atoms with Gasteiger partial charge < -0.3 is 19.7 Å². The first-order valence-electron chi connectivity index (χ1n) is 8.22. The summed E-state index contributed by atoms with van der Waals surface area (Å²) in [5.74, 6) is 0.0171. The number of nitrogens with zero attached hydrogens (tertiary/aromatic N) is 2. The fourth-order valence-corrected chi connectivity index (χ4v) is 2.86. The van der Waals surface area contributed by atoms with E-state index in [-0.39, 0.29) is 17.1 Å². The zero-order chi connectivity index (χ0) is 18.5. The van der Waals surface area contributed by atoms with Crippen LogP contribution in [0.2, 0.25) is 0 Å². The van der Waals surface area contributed by atoms with E-state index in [9.17, 15) is 13.6 Å². The SMILES string of the molecule is COc1cccc(C(=O)Nc2ccc(N3CCCC3)nc2)c1OC(F)F. The number of hydrogen-bond acceptors (Lipinski definition) is 5. The average molecular weight is 363 g/mol. The zero-order valence-electron chi connectivity index (χ0n) is 14.2. The second kappa shape index (κ2) is 7.99. The number of rotatable bonds is 6. The molecule has 0 bridgehead atoms. The molecule has 1 fully saturated rings. The quantitative estimate of drug-likeness (QED) is 0.850. The maximum absolute atomic E-state index is 12.7. The highest BCUT2D eigenvalue weighted by Crippen LogP contribution is 2.33. The van der Waals surface area contributed by atoms with Gasteiger partial charge in [-0.1, -0.05) is 6.07 Å². The minimum absolute atomic E-state index is 0.0479. The summed E-state index contributed by atoms with van der Waals surface area (Å²) in [5.41, 5.74) is 0.414. The van der Waals surface area contributed by atoms with Gasteiger partial charge in [0.05, 0.1) is 24.6 Å². The molecule has 2 heterocycles. The summed E-state index contributed by atoms with van der Waals surface area (Å²) in [7, 11) is 1.32. The van der Waals surface area contributed by atoms with E-state index in [2.05, 4.69) is 19.9 Å². The molecule has 8 heteroatoms. The molecule has 0 radical (unpaired) electrons. The van der Waals surface area contributed by atoms with Crippen LogP contribution in [0.25, 0.3) is 0 Å². The molecule has 138 valence electrons. The second-order valence-corrected chi connectivity index (χ2v) is 5.77. The summed E-state index contributed by atoms with van der Waals surface area (Å²) in [5, 5.41) is 2.64. The van der Waals surface area contributed by atoms with Crippen LogP contribution in [-0.4, -0.2) is 37.7 Å². The Labute approximate surface area is 149 Å². The normalized spacial score (nSPS) is 13.8. The summed E-state index contributed by atoms with van der Waals surface area (Å²) >= 11 is 0. The Balaban J connectivity index is 1.77. The molecule has 2 aromatic rings. The fourth-order valence-electron chi connectivity index (χ4n) is 2.86. The number of halogens is 2. The summed E-state index contributed by atoms with van der Waals surface area (Å²) in [4.78, 5) is 19.0. The smallest absolute Gasteiger partial charge is 0.387 e. The van der Waals surface area contributed by atoms with Gasteiger partial charge in [-0.25, -0.2) is 4.98 Å². The summed E-state index contributed by atoms with van der Waals surface area (Å²) in [6.07, 6.45) is 3.82. The molecule has 1 saturated heterocycles. The number of benzene rings is 1. The third-order valence-corrected chi connectivity index (χ3v) is 4.09. The molecule has 0 aliphatic carbocycles. The van der Waals surface area contributed by atoms with Gasteiger partial charge in [-0.15, -0.1) is 0 Å². The number of ether oxygens (including phenoxy) is 2. The first-order chi connectivity index (χ1) is 12.6. The maximum Gasteiger partial charge on any atom is 0.387 e. The van der Waals surface area contributed by atoms with Crippen molar-refractivity contribution in [3.8, 4) is 11.5 Å². The van der Waals surface area contributed by atoms with Gasteiger partial charge in [0.1, 0.15) is 5.82 Å². The Morgan fingerprint density at radius 1 is 1.23 bits per heavy atom. The van der Waals surface area contributed by atoms with Crippen molar-refractivity contribution in [1.29, 1.82) is 0 Å². The van der Waals surface area contributed by atoms with Gasteiger partial charge in [0.25, 0.3) is 5.91 Å². The molecular weight excluding hydrogens is 344 g/mol. The topological polar surface area (TPSA) is 63.7 Å². The predicted molar refractivity (Wildman–Crippen MR) is 93.3 cm³/mol. The number of carbonyl (C=O) groups is 1. The van der Waals surface area contributed by atoms with E-state index in [4.69, 9.17) is 4.74 Å². The predicted octanol–water partition coefficient (Wildman–Crippen LogP) is 3.54. The van der Waals surface area contributed by atoms with Crippen LogP contribution in [0.1, 0.15) is 23.2 Å². The van der Waals surface area contributed by atoms with E-state index in [0.29, 0.717) is 5.69 Å². The van der Waals surface area contributed by atoms with Crippen molar-refractivity contribution in [2.24, 2.45) is 0 Å². The van der Waals surface area contributed by atoms with Crippen LogP contribution in [0, 0.1) is 0 Å². The molecule has 1 aliphatic heterocycles. The third-order valence-electron chi connectivity index (χ3n) is 4.09. The number of para-hydroxylation sites is 1. The van der Waals surface area contributed by atoms with Crippen molar-refractivity contribution in [1.82, 2.24) is 4.98 Å².